The number of fused-ring (bicyclic) bond motifs is 1. The Bertz CT molecular complexity index is 860. The molecule has 24 heavy (non-hydrogen) atoms. The van der Waals surface area contributed by atoms with Crippen molar-refractivity contribution in [2.75, 3.05) is 20.8 Å². The average molecular weight is 351 g/mol. The van der Waals surface area contributed by atoms with Crippen LogP contribution in [0.15, 0.2) is 29.7 Å². The van der Waals surface area contributed by atoms with E-state index in [0.717, 1.165) is 11.1 Å². The SMILES string of the molecule is COc1cc2c(cc1OC)[C@H](C)N(S(=O)(=O)c1cn(C)cn1)CC2. The molecule has 0 unspecified atom stereocenters. The molecular weight excluding hydrogens is 330 g/mol. The van der Waals surface area contributed by atoms with Crippen LogP contribution >= 0.6 is 0 Å². The molecule has 130 valence electrons. The third-order valence-electron chi connectivity index (χ3n) is 4.38. The van der Waals surface area contributed by atoms with Crippen LogP contribution in [0.2, 0.25) is 0 Å². The molecule has 2 heterocycles. The second-order valence-electron chi connectivity index (χ2n) is 5.83. The lowest BCUT2D eigenvalue weighted by molar-refractivity contribution is 0.318. The lowest BCUT2D eigenvalue weighted by atomic mass is 9.94. The highest BCUT2D eigenvalue weighted by Gasteiger charge is 2.35. The van der Waals surface area contributed by atoms with E-state index >= 15 is 0 Å². The Balaban J connectivity index is 2.02. The van der Waals surface area contributed by atoms with E-state index in [1.807, 2.05) is 19.1 Å². The fraction of sp³-hybridized carbons (Fsp3) is 0.438. The number of nitrogens with zero attached hydrogens (tertiary/aromatic N) is 3. The zero-order valence-electron chi connectivity index (χ0n) is 14.2. The van der Waals surface area contributed by atoms with Gasteiger partial charge in [-0.3, -0.25) is 0 Å². The zero-order chi connectivity index (χ0) is 17.5. The van der Waals surface area contributed by atoms with Crippen molar-refractivity contribution in [2.45, 2.75) is 24.4 Å². The third-order valence-corrected chi connectivity index (χ3v) is 6.24. The molecule has 1 aliphatic rings. The first-order valence-corrected chi connectivity index (χ1v) is 9.07. The van der Waals surface area contributed by atoms with Gasteiger partial charge in [0.1, 0.15) is 0 Å². The maximum atomic E-state index is 12.9. The van der Waals surface area contributed by atoms with E-state index in [9.17, 15) is 8.42 Å². The highest BCUT2D eigenvalue weighted by atomic mass is 32.2. The van der Waals surface area contributed by atoms with Crippen molar-refractivity contribution in [1.29, 1.82) is 0 Å². The molecule has 8 heteroatoms. The van der Waals surface area contributed by atoms with Gasteiger partial charge in [-0.1, -0.05) is 0 Å². The summed E-state index contributed by atoms with van der Waals surface area (Å²) in [6, 6.07) is 3.48. The molecular formula is C16H21N3O4S. The minimum Gasteiger partial charge on any atom is -0.493 e. The van der Waals surface area contributed by atoms with Crippen LogP contribution in [-0.2, 0) is 23.5 Å². The average Bonchev–Trinajstić information content (AvgIpc) is 3.01. The summed E-state index contributed by atoms with van der Waals surface area (Å²) in [6.07, 6.45) is 3.63. The molecule has 0 saturated heterocycles. The molecule has 3 rings (SSSR count). The Kier molecular flexibility index (Phi) is 4.27. The van der Waals surface area contributed by atoms with E-state index in [1.165, 1.54) is 16.8 Å². The molecule has 1 aromatic heterocycles. The molecule has 0 fully saturated rings. The summed E-state index contributed by atoms with van der Waals surface area (Å²) in [5.41, 5.74) is 2.01. The lowest BCUT2D eigenvalue weighted by Gasteiger charge is -2.34. The van der Waals surface area contributed by atoms with Crippen LogP contribution in [-0.4, -0.2) is 43.0 Å². The van der Waals surface area contributed by atoms with Crippen molar-refractivity contribution < 1.29 is 17.9 Å². The van der Waals surface area contributed by atoms with Crippen molar-refractivity contribution in [2.24, 2.45) is 7.05 Å². The molecule has 0 aliphatic carbocycles. The first-order valence-electron chi connectivity index (χ1n) is 7.63. The Morgan fingerprint density at radius 3 is 2.46 bits per heavy atom. The maximum Gasteiger partial charge on any atom is 0.262 e. The molecule has 0 N–H and O–H groups in total. The molecule has 1 aliphatic heterocycles. The summed E-state index contributed by atoms with van der Waals surface area (Å²) in [7, 11) is 1.27. The second kappa shape index (κ2) is 6.10. The number of methoxy groups -OCH3 is 2. The van der Waals surface area contributed by atoms with Gasteiger partial charge in [0.2, 0.25) is 0 Å². The van der Waals surface area contributed by atoms with E-state index in [2.05, 4.69) is 4.98 Å². The van der Waals surface area contributed by atoms with E-state index < -0.39 is 10.0 Å². The van der Waals surface area contributed by atoms with Gasteiger partial charge in [-0.05, 0) is 36.6 Å². The topological polar surface area (TPSA) is 73.7 Å². The van der Waals surface area contributed by atoms with E-state index in [4.69, 9.17) is 9.47 Å². The number of hydrogen-bond acceptors (Lipinski definition) is 5. The Morgan fingerprint density at radius 2 is 1.88 bits per heavy atom. The Morgan fingerprint density at radius 1 is 1.21 bits per heavy atom. The molecule has 0 amide bonds. The van der Waals surface area contributed by atoms with E-state index in [1.54, 1.807) is 25.8 Å². The normalized spacial score (nSPS) is 18.2. The number of hydrogen-bond donors (Lipinski definition) is 0. The monoisotopic (exact) mass is 351 g/mol. The molecule has 1 atom stereocenters. The highest BCUT2D eigenvalue weighted by Crippen LogP contribution is 2.39. The van der Waals surface area contributed by atoms with Crippen molar-refractivity contribution in [1.82, 2.24) is 13.9 Å². The second-order valence-corrected chi connectivity index (χ2v) is 7.66. The number of benzene rings is 1. The quantitative estimate of drug-likeness (QED) is 0.839. The van der Waals surface area contributed by atoms with E-state index in [0.29, 0.717) is 24.5 Å². The minimum atomic E-state index is -3.64. The fourth-order valence-electron chi connectivity index (χ4n) is 3.09. The van der Waals surface area contributed by atoms with Gasteiger partial charge in [0.05, 0.1) is 20.5 Å². The van der Waals surface area contributed by atoms with E-state index in [-0.39, 0.29) is 11.1 Å². The molecule has 1 aromatic carbocycles. The largest absolute Gasteiger partial charge is 0.493 e. The van der Waals surface area contributed by atoms with Crippen molar-refractivity contribution in [3.8, 4) is 11.5 Å². The molecule has 0 saturated carbocycles. The summed E-state index contributed by atoms with van der Waals surface area (Å²) in [4.78, 5) is 4.00. The summed E-state index contributed by atoms with van der Waals surface area (Å²) in [5.74, 6) is 1.25. The molecule has 0 bridgehead atoms. The van der Waals surface area contributed by atoms with Crippen LogP contribution in [0.25, 0.3) is 0 Å². The van der Waals surface area contributed by atoms with Gasteiger partial charge in [0.25, 0.3) is 10.0 Å². The van der Waals surface area contributed by atoms with Gasteiger partial charge in [-0.15, -0.1) is 0 Å². The first-order chi connectivity index (χ1) is 11.4. The van der Waals surface area contributed by atoms with Crippen LogP contribution in [0.5, 0.6) is 11.5 Å². The van der Waals surface area contributed by atoms with Crippen LogP contribution in [0.4, 0.5) is 0 Å². The van der Waals surface area contributed by atoms with Crippen LogP contribution < -0.4 is 9.47 Å². The summed E-state index contributed by atoms with van der Waals surface area (Å²) in [5, 5.41) is 0.0702. The minimum absolute atomic E-state index is 0.0702. The predicted octanol–water partition coefficient (Wildman–Crippen LogP) is 1.75. The molecule has 0 radical (unpaired) electrons. The number of imidazole rings is 1. The van der Waals surface area contributed by atoms with Gasteiger partial charge < -0.3 is 14.0 Å². The molecule has 7 nitrogen and oxygen atoms in total. The maximum absolute atomic E-state index is 12.9. The third kappa shape index (κ3) is 2.65. The number of ether oxygens (including phenoxy) is 2. The summed E-state index contributed by atoms with van der Waals surface area (Å²) < 4.78 is 39.6. The number of aryl methyl sites for hydroxylation is 1. The molecule has 0 spiro atoms. The smallest absolute Gasteiger partial charge is 0.262 e. The van der Waals surface area contributed by atoms with Gasteiger partial charge in [0.15, 0.2) is 16.5 Å². The predicted molar refractivity (Wildman–Crippen MR) is 88.8 cm³/mol. The fourth-order valence-corrected chi connectivity index (χ4v) is 4.67. The Hall–Kier alpha value is -2.06. The molecule has 2 aromatic rings. The van der Waals surface area contributed by atoms with Crippen molar-refractivity contribution in [3.05, 3.63) is 35.8 Å². The van der Waals surface area contributed by atoms with Gasteiger partial charge in [-0.25, -0.2) is 13.4 Å². The van der Waals surface area contributed by atoms with Crippen molar-refractivity contribution >= 4 is 10.0 Å². The van der Waals surface area contributed by atoms with Gasteiger partial charge in [0, 0.05) is 25.8 Å². The van der Waals surface area contributed by atoms with Crippen molar-refractivity contribution in [3.63, 3.8) is 0 Å². The summed E-state index contributed by atoms with van der Waals surface area (Å²) >= 11 is 0. The highest BCUT2D eigenvalue weighted by molar-refractivity contribution is 7.89. The van der Waals surface area contributed by atoms with Crippen LogP contribution in [0, 0.1) is 0 Å². The summed E-state index contributed by atoms with van der Waals surface area (Å²) in [6.45, 7) is 2.28. The standard InChI is InChI=1S/C16H21N3O4S/c1-11-13-8-15(23-4)14(22-3)7-12(13)5-6-19(11)24(20,21)16-9-18(2)10-17-16/h7-11H,5-6H2,1-4H3/t11-/m0/s1. The Labute approximate surface area is 141 Å². The van der Waals surface area contributed by atoms with Crippen LogP contribution in [0.1, 0.15) is 24.1 Å². The number of rotatable bonds is 4. The van der Waals surface area contributed by atoms with Gasteiger partial charge >= 0.3 is 0 Å². The number of aromatic nitrogens is 2. The van der Waals surface area contributed by atoms with Gasteiger partial charge in [-0.2, -0.15) is 4.31 Å². The number of sulfonamides is 1. The van der Waals surface area contributed by atoms with Crippen LogP contribution in [0.3, 0.4) is 0 Å². The first kappa shape index (κ1) is 16.8. The zero-order valence-corrected chi connectivity index (χ0v) is 15.0. The lowest BCUT2D eigenvalue weighted by Crippen LogP contribution is -2.39.